The molecule has 0 radical (unpaired) electrons. The van der Waals surface area contributed by atoms with Crippen LogP contribution < -0.4 is 10.2 Å². The summed E-state index contributed by atoms with van der Waals surface area (Å²) in [6.07, 6.45) is 3.59. The predicted molar refractivity (Wildman–Crippen MR) is 113 cm³/mol. The number of benzene rings is 2. The first-order chi connectivity index (χ1) is 13.1. The van der Waals surface area contributed by atoms with Crippen LogP contribution in [0.25, 0.3) is 0 Å². The maximum atomic E-state index is 12.6. The van der Waals surface area contributed by atoms with Gasteiger partial charge in [-0.05, 0) is 67.7 Å². The lowest BCUT2D eigenvalue weighted by atomic mass is 10.0. The molecule has 1 amide bonds. The van der Waals surface area contributed by atoms with Crippen LogP contribution in [-0.2, 0) is 6.42 Å². The van der Waals surface area contributed by atoms with Crippen molar-refractivity contribution in [3.05, 3.63) is 63.6 Å². The number of carbonyl (C=O) groups excluding carboxylic acids is 1. The van der Waals surface area contributed by atoms with Crippen LogP contribution in [0.5, 0.6) is 0 Å². The number of likely N-dealkylation sites (tertiary alicyclic amines) is 1. The average molecular weight is 428 g/mol. The number of fused-ring (bicyclic) bond motifs is 1. The second kappa shape index (κ2) is 8.03. The van der Waals surface area contributed by atoms with Crippen LogP contribution in [0.15, 0.2) is 46.9 Å². The van der Waals surface area contributed by atoms with Gasteiger partial charge in [0.1, 0.15) is 0 Å². The standard InChI is InChI=1S/C22H26BrN3O/c1-25-12-9-17-13-16(7-8-20(17)25)21(26-10-2-3-11-26)15-24-22(27)18-5-4-6-19(23)14-18/h4-8,13-14,21H,2-3,9-12,15H2,1H3,(H,24,27). The van der Waals surface area contributed by atoms with E-state index in [0.717, 1.165) is 30.5 Å². The third-order valence-corrected chi connectivity index (χ3v) is 6.23. The van der Waals surface area contributed by atoms with Gasteiger partial charge < -0.3 is 10.2 Å². The molecule has 4 rings (SSSR count). The maximum Gasteiger partial charge on any atom is 0.251 e. The quantitative estimate of drug-likeness (QED) is 0.782. The van der Waals surface area contributed by atoms with Crippen molar-refractivity contribution in [2.45, 2.75) is 25.3 Å². The van der Waals surface area contributed by atoms with Gasteiger partial charge >= 0.3 is 0 Å². The van der Waals surface area contributed by atoms with Crippen molar-refractivity contribution in [2.24, 2.45) is 0 Å². The number of nitrogens with one attached hydrogen (secondary N) is 1. The lowest BCUT2D eigenvalue weighted by Gasteiger charge is -2.29. The molecule has 1 fully saturated rings. The first-order valence-electron chi connectivity index (χ1n) is 9.73. The van der Waals surface area contributed by atoms with Crippen molar-refractivity contribution >= 4 is 27.5 Å². The van der Waals surface area contributed by atoms with E-state index in [1.807, 2.05) is 24.3 Å². The minimum absolute atomic E-state index is 0.0126. The van der Waals surface area contributed by atoms with Gasteiger partial charge in [0.25, 0.3) is 5.91 Å². The summed E-state index contributed by atoms with van der Waals surface area (Å²) in [6, 6.07) is 14.6. The highest BCUT2D eigenvalue weighted by Crippen LogP contribution is 2.32. The van der Waals surface area contributed by atoms with E-state index in [2.05, 4.69) is 56.3 Å². The molecule has 27 heavy (non-hydrogen) atoms. The summed E-state index contributed by atoms with van der Waals surface area (Å²) in [5, 5.41) is 3.17. The van der Waals surface area contributed by atoms with Crippen molar-refractivity contribution in [1.29, 1.82) is 0 Å². The fourth-order valence-corrected chi connectivity index (χ4v) is 4.63. The van der Waals surface area contributed by atoms with Gasteiger partial charge in [0, 0.05) is 35.9 Å². The molecular weight excluding hydrogens is 402 g/mol. The average Bonchev–Trinajstić information content (AvgIpc) is 3.32. The zero-order valence-corrected chi connectivity index (χ0v) is 17.3. The number of hydrogen-bond acceptors (Lipinski definition) is 3. The molecule has 2 aliphatic heterocycles. The molecule has 0 saturated carbocycles. The van der Waals surface area contributed by atoms with Crippen molar-refractivity contribution in [2.75, 3.05) is 38.1 Å². The molecule has 0 spiro atoms. The van der Waals surface area contributed by atoms with Crippen LogP contribution in [0.2, 0.25) is 0 Å². The van der Waals surface area contributed by atoms with Gasteiger partial charge in [-0.15, -0.1) is 0 Å². The zero-order valence-electron chi connectivity index (χ0n) is 15.7. The molecule has 2 aromatic carbocycles. The van der Waals surface area contributed by atoms with Gasteiger partial charge in [0.05, 0.1) is 6.04 Å². The van der Waals surface area contributed by atoms with Crippen LogP contribution in [0.3, 0.4) is 0 Å². The summed E-state index contributed by atoms with van der Waals surface area (Å²) in [7, 11) is 2.15. The van der Waals surface area contributed by atoms with E-state index < -0.39 is 0 Å². The molecule has 1 atom stereocenters. The lowest BCUT2D eigenvalue weighted by Crippen LogP contribution is -2.36. The molecule has 2 aromatic rings. The van der Waals surface area contributed by atoms with Crippen molar-refractivity contribution in [3.8, 4) is 0 Å². The first-order valence-corrected chi connectivity index (χ1v) is 10.5. The molecule has 142 valence electrons. The Balaban J connectivity index is 1.52. The van der Waals surface area contributed by atoms with E-state index >= 15 is 0 Å². The molecule has 1 unspecified atom stereocenters. The maximum absolute atomic E-state index is 12.6. The fourth-order valence-electron chi connectivity index (χ4n) is 4.23. The smallest absolute Gasteiger partial charge is 0.251 e. The normalized spacial score (nSPS) is 17.8. The van der Waals surface area contributed by atoms with E-state index in [4.69, 9.17) is 0 Å². The van der Waals surface area contributed by atoms with Gasteiger partial charge in [-0.3, -0.25) is 9.69 Å². The Kier molecular flexibility index (Phi) is 5.50. The number of hydrogen-bond donors (Lipinski definition) is 1. The number of amides is 1. The SMILES string of the molecule is CN1CCc2cc(C(CNC(=O)c3cccc(Br)c3)N3CCCC3)ccc21. The van der Waals surface area contributed by atoms with Crippen molar-refractivity contribution < 1.29 is 4.79 Å². The van der Waals surface area contributed by atoms with Gasteiger partial charge in [0.2, 0.25) is 0 Å². The fraction of sp³-hybridized carbons (Fsp3) is 0.409. The number of nitrogens with zero attached hydrogens (tertiary/aromatic N) is 2. The van der Waals surface area contributed by atoms with Crippen LogP contribution in [0, 0.1) is 0 Å². The molecule has 5 heteroatoms. The molecule has 1 saturated heterocycles. The van der Waals surface area contributed by atoms with Crippen molar-refractivity contribution in [3.63, 3.8) is 0 Å². The summed E-state index contributed by atoms with van der Waals surface area (Å²) in [4.78, 5) is 17.5. The van der Waals surface area contributed by atoms with Crippen LogP contribution in [0.4, 0.5) is 5.69 Å². The van der Waals surface area contributed by atoms with Crippen molar-refractivity contribution in [1.82, 2.24) is 10.2 Å². The molecular formula is C22H26BrN3O. The van der Waals surface area contributed by atoms with Gasteiger partial charge in [-0.25, -0.2) is 0 Å². The van der Waals surface area contributed by atoms with Crippen LogP contribution in [-0.4, -0.2) is 44.0 Å². The second-order valence-corrected chi connectivity index (χ2v) is 8.45. The summed E-state index contributed by atoms with van der Waals surface area (Å²) in [5.74, 6) is -0.0126. The Labute approximate surface area is 169 Å². The number of anilines is 1. The molecule has 0 bridgehead atoms. The Morgan fingerprint density at radius 1 is 1.15 bits per heavy atom. The highest BCUT2D eigenvalue weighted by Gasteiger charge is 2.26. The third-order valence-electron chi connectivity index (χ3n) is 5.74. The van der Waals surface area contributed by atoms with E-state index in [0.29, 0.717) is 12.1 Å². The Morgan fingerprint density at radius 2 is 1.96 bits per heavy atom. The van der Waals surface area contributed by atoms with E-state index in [9.17, 15) is 4.79 Å². The van der Waals surface area contributed by atoms with Gasteiger partial charge in [-0.2, -0.15) is 0 Å². The van der Waals surface area contributed by atoms with Gasteiger partial charge in [0.15, 0.2) is 0 Å². The minimum atomic E-state index is -0.0126. The Hall–Kier alpha value is -1.85. The summed E-state index contributed by atoms with van der Waals surface area (Å²) >= 11 is 3.44. The minimum Gasteiger partial charge on any atom is -0.374 e. The Morgan fingerprint density at radius 3 is 2.74 bits per heavy atom. The number of carbonyl (C=O) groups is 1. The third kappa shape index (κ3) is 4.04. The first kappa shape index (κ1) is 18.5. The highest BCUT2D eigenvalue weighted by molar-refractivity contribution is 9.10. The van der Waals surface area contributed by atoms with E-state index in [-0.39, 0.29) is 11.9 Å². The van der Waals surface area contributed by atoms with Gasteiger partial charge in [-0.1, -0.05) is 34.1 Å². The molecule has 1 N–H and O–H groups in total. The monoisotopic (exact) mass is 427 g/mol. The topological polar surface area (TPSA) is 35.6 Å². The van der Waals surface area contributed by atoms with Crippen LogP contribution in [0.1, 0.15) is 40.4 Å². The molecule has 2 heterocycles. The largest absolute Gasteiger partial charge is 0.374 e. The number of likely N-dealkylation sites (N-methyl/N-ethyl adjacent to an activating group) is 1. The van der Waals surface area contributed by atoms with E-state index in [1.165, 1.54) is 29.7 Å². The van der Waals surface area contributed by atoms with E-state index in [1.54, 1.807) is 0 Å². The number of rotatable bonds is 5. The predicted octanol–water partition coefficient (Wildman–Crippen LogP) is 4.01. The lowest BCUT2D eigenvalue weighted by molar-refractivity contribution is 0.0938. The molecule has 2 aliphatic rings. The molecule has 4 nitrogen and oxygen atoms in total. The Bertz CT molecular complexity index is 832. The zero-order chi connectivity index (χ0) is 18.8. The van der Waals surface area contributed by atoms with Crippen LogP contribution >= 0.6 is 15.9 Å². The second-order valence-electron chi connectivity index (χ2n) is 7.54. The summed E-state index contributed by atoms with van der Waals surface area (Å²) in [5.41, 5.74) is 4.79. The highest BCUT2D eigenvalue weighted by atomic mass is 79.9. The molecule has 0 aliphatic carbocycles. The summed E-state index contributed by atoms with van der Waals surface area (Å²) < 4.78 is 0.925. The number of halogens is 1. The summed E-state index contributed by atoms with van der Waals surface area (Å²) in [6.45, 7) is 3.94. The molecule has 0 aromatic heterocycles.